The number of hydrogen-bond donors (Lipinski definition) is 2. The molecule has 2 aromatic rings. The average molecular weight is 466 g/mol. The predicted octanol–water partition coefficient (Wildman–Crippen LogP) is 3.30. The van der Waals surface area contributed by atoms with Crippen LogP contribution in [0, 0.1) is 5.92 Å². The highest BCUT2D eigenvalue weighted by Crippen LogP contribution is 2.30. The Labute approximate surface area is 172 Å². The van der Waals surface area contributed by atoms with Crippen molar-refractivity contribution in [1.82, 2.24) is 4.31 Å². The Morgan fingerprint density at radius 1 is 1.04 bits per heavy atom. The van der Waals surface area contributed by atoms with E-state index >= 15 is 0 Å². The molecule has 0 heterocycles. The summed E-state index contributed by atoms with van der Waals surface area (Å²) in [5.41, 5.74) is 1.30. The van der Waals surface area contributed by atoms with Crippen LogP contribution in [0.1, 0.15) is 23.2 Å². The number of nitrogens with one attached hydrogen (secondary N) is 2. The Morgan fingerprint density at radius 2 is 1.68 bits per heavy atom. The van der Waals surface area contributed by atoms with Crippen molar-refractivity contribution in [1.29, 1.82) is 0 Å². The molecule has 7 nitrogen and oxygen atoms in total. The Bertz CT molecular complexity index is 1030. The van der Waals surface area contributed by atoms with Gasteiger partial charge in [-0.2, -0.15) is 0 Å². The summed E-state index contributed by atoms with van der Waals surface area (Å²) < 4.78 is 26.3. The number of hydrogen-bond acceptors (Lipinski definition) is 4. The minimum Gasteiger partial charge on any atom is -0.326 e. The van der Waals surface area contributed by atoms with E-state index in [1.54, 1.807) is 24.3 Å². The zero-order chi connectivity index (χ0) is 20.5. The van der Waals surface area contributed by atoms with Gasteiger partial charge in [0.15, 0.2) is 0 Å². The van der Waals surface area contributed by atoms with E-state index in [0.29, 0.717) is 15.8 Å². The fourth-order valence-corrected chi connectivity index (χ4v) is 4.35. The third-order valence-corrected chi connectivity index (χ3v) is 7.10. The van der Waals surface area contributed by atoms with E-state index in [0.717, 1.165) is 17.1 Å². The molecule has 9 heteroatoms. The molecule has 0 aromatic heterocycles. The van der Waals surface area contributed by atoms with Crippen LogP contribution in [0.2, 0.25) is 0 Å². The number of halogens is 1. The van der Waals surface area contributed by atoms with Gasteiger partial charge in [-0.3, -0.25) is 9.59 Å². The predicted molar refractivity (Wildman–Crippen MR) is 111 cm³/mol. The van der Waals surface area contributed by atoms with Gasteiger partial charge in [-0.25, -0.2) is 12.7 Å². The second kappa shape index (κ2) is 8.02. The summed E-state index contributed by atoms with van der Waals surface area (Å²) in [6, 6.07) is 11.2. The second-order valence-corrected chi connectivity index (χ2v) is 9.71. The van der Waals surface area contributed by atoms with Crippen LogP contribution < -0.4 is 10.6 Å². The number of sulfonamides is 1. The zero-order valence-corrected chi connectivity index (χ0v) is 17.8. The maximum absolute atomic E-state index is 12.6. The van der Waals surface area contributed by atoms with Gasteiger partial charge in [0.2, 0.25) is 15.9 Å². The minimum absolute atomic E-state index is 0.00981. The number of carbonyl (C=O) groups excluding carboxylic acids is 2. The van der Waals surface area contributed by atoms with Gasteiger partial charge in [0.25, 0.3) is 5.91 Å². The number of benzene rings is 2. The molecule has 2 amide bonds. The standard InChI is InChI=1S/C19H20BrN3O4S/c1-23(2)28(26,27)17-10-13(8-9-16(17)20)19(25)22-15-5-3-4-14(11-15)21-18(24)12-6-7-12/h3-5,8-12H,6-7H2,1-2H3,(H,21,24)(H,22,25). The van der Waals surface area contributed by atoms with E-state index in [1.807, 2.05) is 0 Å². The second-order valence-electron chi connectivity index (χ2n) is 6.73. The molecule has 1 fully saturated rings. The van der Waals surface area contributed by atoms with Gasteiger partial charge in [-0.15, -0.1) is 0 Å². The first-order valence-corrected chi connectivity index (χ1v) is 10.9. The van der Waals surface area contributed by atoms with E-state index in [-0.39, 0.29) is 22.3 Å². The van der Waals surface area contributed by atoms with Crippen LogP contribution in [0.15, 0.2) is 51.8 Å². The molecule has 2 N–H and O–H groups in total. The lowest BCUT2D eigenvalue weighted by Crippen LogP contribution is -2.23. The van der Waals surface area contributed by atoms with Crippen molar-refractivity contribution < 1.29 is 18.0 Å². The van der Waals surface area contributed by atoms with Gasteiger partial charge in [-0.05, 0) is 65.2 Å². The number of carbonyl (C=O) groups is 2. The van der Waals surface area contributed by atoms with Gasteiger partial charge >= 0.3 is 0 Å². The summed E-state index contributed by atoms with van der Waals surface area (Å²) in [4.78, 5) is 24.5. The molecule has 1 saturated carbocycles. The topological polar surface area (TPSA) is 95.6 Å². The van der Waals surface area contributed by atoms with Gasteiger partial charge in [0, 0.05) is 41.4 Å². The lowest BCUT2D eigenvalue weighted by molar-refractivity contribution is -0.117. The molecule has 148 valence electrons. The van der Waals surface area contributed by atoms with Crippen molar-refractivity contribution in [3.8, 4) is 0 Å². The molecule has 0 aliphatic heterocycles. The number of amides is 2. The summed E-state index contributed by atoms with van der Waals surface area (Å²) in [6.45, 7) is 0. The molecule has 0 spiro atoms. The van der Waals surface area contributed by atoms with Crippen LogP contribution in [0.3, 0.4) is 0 Å². The normalized spacial score (nSPS) is 14.0. The highest BCUT2D eigenvalue weighted by Gasteiger charge is 2.29. The van der Waals surface area contributed by atoms with E-state index in [9.17, 15) is 18.0 Å². The summed E-state index contributed by atoms with van der Waals surface area (Å²) in [5, 5.41) is 5.56. The largest absolute Gasteiger partial charge is 0.326 e. The van der Waals surface area contributed by atoms with Crippen LogP contribution in [-0.2, 0) is 14.8 Å². The van der Waals surface area contributed by atoms with Crippen molar-refractivity contribution in [2.24, 2.45) is 5.92 Å². The van der Waals surface area contributed by atoms with Crippen LogP contribution in [0.4, 0.5) is 11.4 Å². The highest BCUT2D eigenvalue weighted by molar-refractivity contribution is 9.10. The maximum atomic E-state index is 12.6. The Hall–Kier alpha value is -2.23. The molecule has 0 saturated heterocycles. The molecule has 3 rings (SSSR count). The van der Waals surface area contributed by atoms with Gasteiger partial charge in [0.05, 0.1) is 4.90 Å². The quantitative estimate of drug-likeness (QED) is 0.683. The summed E-state index contributed by atoms with van der Waals surface area (Å²) in [5.74, 6) is -0.388. The lowest BCUT2D eigenvalue weighted by atomic mass is 10.2. The first-order chi connectivity index (χ1) is 13.2. The van der Waals surface area contributed by atoms with Gasteiger partial charge in [-0.1, -0.05) is 6.07 Å². The van der Waals surface area contributed by atoms with E-state index in [1.165, 1.54) is 32.3 Å². The van der Waals surface area contributed by atoms with Crippen LogP contribution >= 0.6 is 15.9 Å². The molecular formula is C19H20BrN3O4S. The molecular weight excluding hydrogens is 446 g/mol. The molecule has 0 radical (unpaired) electrons. The Morgan fingerprint density at radius 3 is 2.29 bits per heavy atom. The van der Waals surface area contributed by atoms with Gasteiger partial charge in [0.1, 0.15) is 0 Å². The SMILES string of the molecule is CN(C)S(=O)(=O)c1cc(C(=O)Nc2cccc(NC(=O)C3CC3)c2)ccc1Br. The Kier molecular flexibility index (Phi) is 5.87. The molecule has 0 atom stereocenters. The van der Waals surface area contributed by atoms with E-state index < -0.39 is 15.9 Å². The maximum Gasteiger partial charge on any atom is 0.255 e. The number of anilines is 2. The fourth-order valence-electron chi connectivity index (χ4n) is 2.51. The van der Waals surface area contributed by atoms with E-state index in [2.05, 4.69) is 26.6 Å². The van der Waals surface area contributed by atoms with Crippen molar-refractivity contribution in [3.05, 3.63) is 52.5 Å². The molecule has 1 aliphatic carbocycles. The summed E-state index contributed by atoms with van der Waals surface area (Å²) in [6.07, 6.45) is 1.81. The van der Waals surface area contributed by atoms with Crippen molar-refractivity contribution in [2.45, 2.75) is 17.7 Å². The smallest absolute Gasteiger partial charge is 0.255 e. The van der Waals surface area contributed by atoms with Crippen molar-refractivity contribution in [2.75, 3.05) is 24.7 Å². The highest BCUT2D eigenvalue weighted by atomic mass is 79.9. The third kappa shape index (κ3) is 4.60. The Balaban J connectivity index is 1.79. The van der Waals surface area contributed by atoms with Crippen molar-refractivity contribution >= 4 is 49.1 Å². The number of nitrogens with zero attached hydrogens (tertiary/aromatic N) is 1. The van der Waals surface area contributed by atoms with E-state index in [4.69, 9.17) is 0 Å². The molecule has 1 aliphatic rings. The first kappa shape index (κ1) is 20.5. The molecule has 28 heavy (non-hydrogen) atoms. The fraction of sp³-hybridized carbons (Fsp3) is 0.263. The van der Waals surface area contributed by atoms with Crippen LogP contribution in [0.5, 0.6) is 0 Å². The van der Waals surface area contributed by atoms with Crippen molar-refractivity contribution in [3.63, 3.8) is 0 Å². The number of rotatable bonds is 6. The molecule has 0 bridgehead atoms. The minimum atomic E-state index is -3.70. The molecule has 0 unspecified atom stereocenters. The van der Waals surface area contributed by atoms with Crippen LogP contribution in [-0.4, -0.2) is 38.6 Å². The zero-order valence-electron chi connectivity index (χ0n) is 15.4. The summed E-state index contributed by atoms with van der Waals surface area (Å²) in [7, 11) is -0.847. The summed E-state index contributed by atoms with van der Waals surface area (Å²) >= 11 is 3.22. The first-order valence-electron chi connectivity index (χ1n) is 8.63. The third-order valence-electron chi connectivity index (χ3n) is 4.29. The van der Waals surface area contributed by atoms with Gasteiger partial charge < -0.3 is 10.6 Å². The lowest BCUT2D eigenvalue weighted by Gasteiger charge is -2.14. The molecule has 2 aromatic carbocycles. The average Bonchev–Trinajstić information content (AvgIpc) is 3.47. The van der Waals surface area contributed by atoms with Crippen LogP contribution in [0.25, 0.3) is 0 Å². The monoisotopic (exact) mass is 465 g/mol.